The summed E-state index contributed by atoms with van der Waals surface area (Å²) < 4.78 is 39.9. The van der Waals surface area contributed by atoms with Crippen LogP contribution in [0.25, 0.3) is 10.2 Å². The Kier molecular flexibility index (Phi) is 8.48. The summed E-state index contributed by atoms with van der Waals surface area (Å²) in [6, 6.07) is 12.1. The van der Waals surface area contributed by atoms with Crippen molar-refractivity contribution in [3.05, 3.63) is 48.0 Å². The summed E-state index contributed by atoms with van der Waals surface area (Å²) in [5, 5.41) is 0.625. The van der Waals surface area contributed by atoms with Gasteiger partial charge in [-0.2, -0.15) is 4.31 Å². The number of carbonyl (C=O) groups is 1. The number of piperidine rings is 1. The molecule has 0 aliphatic carbocycles. The van der Waals surface area contributed by atoms with Crippen molar-refractivity contribution >= 4 is 37.5 Å². The van der Waals surface area contributed by atoms with E-state index in [4.69, 9.17) is 9.47 Å². The van der Waals surface area contributed by atoms with E-state index in [0.717, 1.165) is 28.8 Å². The Morgan fingerprint density at radius 3 is 2.36 bits per heavy atom. The average molecular weight is 532 g/mol. The molecule has 0 radical (unpaired) electrons. The zero-order valence-corrected chi connectivity index (χ0v) is 22.6. The van der Waals surface area contributed by atoms with E-state index in [0.29, 0.717) is 49.8 Å². The normalized spacial score (nSPS) is 14.9. The Hall–Kier alpha value is -2.69. The van der Waals surface area contributed by atoms with Gasteiger partial charge in [-0.05, 0) is 55.3 Å². The molecule has 2 heterocycles. The van der Waals surface area contributed by atoms with Crippen molar-refractivity contribution in [2.75, 3.05) is 33.3 Å². The molecule has 194 valence electrons. The van der Waals surface area contributed by atoms with Gasteiger partial charge in [-0.1, -0.05) is 25.2 Å². The topological polar surface area (TPSA) is 89.0 Å². The van der Waals surface area contributed by atoms with E-state index in [2.05, 4.69) is 4.98 Å². The van der Waals surface area contributed by atoms with Crippen LogP contribution >= 0.6 is 11.3 Å². The van der Waals surface area contributed by atoms with Crippen molar-refractivity contribution < 1.29 is 22.7 Å². The molecule has 8 nitrogen and oxygen atoms in total. The molecule has 0 spiro atoms. The molecule has 36 heavy (non-hydrogen) atoms. The van der Waals surface area contributed by atoms with Crippen molar-refractivity contribution in [2.24, 2.45) is 0 Å². The summed E-state index contributed by atoms with van der Waals surface area (Å²) in [6.45, 7) is 6.04. The van der Waals surface area contributed by atoms with Crippen molar-refractivity contribution in [2.45, 2.75) is 50.5 Å². The lowest BCUT2D eigenvalue weighted by molar-refractivity contribution is 0.0595. The van der Waals surface area contributed by atoms with Gasteiger partial charge in [0.2, 0.25) is 10.0 Å². The molecule has 0 N–H and O–H groups in total. The fraction of sp³-hybridized carbons (Fsp3) is 0.462. The number of aromatic nitrogens is 1. The van der Waals surface area contributed by atoms with Gasteiger partial charge in [0.15, 0.2) is 0 Å². The monoisotopic (exact) mass is 531 g/mol. The first-order valence-electron chi connectivity index (χ1n) is 12.4. The molecule has 0 bridgehead atoms. The minimum absolute atomic E-state index is 0.00728. The first kappa shape index (κ1) is 26.4. The second kappa shape index (κ2) is 11.6. The maximum atomic E-state index is 13.0. The van der Waals surface area contributed by atoms with Crippen LogP contribution in [0.4, 0.5) is 0 Å². The minimum Gasteiger partial charge on any atom is -0.497 e. The van der Waals surface area contributed by atoms with E-state index in [-0.39, 0.29) is 16.9 Å². The van der Waals surface area contributed by atoms with Crippen LogP contribution < -0.4 is 9.47 Å². The highest BCUT2D eigenvalue weighted by Crippen LogP contribution is 2.32. The summed E-state index contributed by atoms with van der Waals surface area (Å²) in [6.07, 6.45) is 2.92. The molecule has 0 saturated carbocycles. The number of benzene rings is 2. The third-order valence-corrected chi connectivity index (χ3v) is 9.08. The van der Waals surface area contributed by atoms with Crippen LogP contribution in [0.2, 0.25) is 0 Å². The molecule has 0 atom stereocenters. The minimum atomic E-state index is -3.56. The average Bonchev–Trinajstić information content (AvgIpc) is 3.30. The Bertz CT molecular complexity index is 1280. The van der Waals surface area contributed by atoms with Gasteiger partial charge in [-0.25, -0.2) is 13.4 Å². The van der Waals surface area contributed by atoms with Gasteiger partial charge >= 0.3 is 0 Å². The second-order valence-corrected chi connectivity index (χ2v) is 11.8. The number of hydrogen-bond donors (Lipinski definition) is 0. The Balaban J connectivity index is 1.35. The van der Waals surface area contributed by atoms with E-state index in [1.54, 1.807) is 36.3 Å². The number of likely N-dealkylation sites (tertiary alicyclic amines) is 1. The lowest BCUT2D eigenvalue weighted by Crippen LogP contribution is -2.41. The van der Waals surface area contributed by atoms with E-state index in [1.165, 1.54) is 15.6 Å². The standard InChI is InChI=1S/C26H33N3O5S2/c1-4-14-29(15-5-2)36(31,32)22-9-6-19(7-10-22)25(30)28-16-12-20(13-17-28)34-26-27-23-11-8-21(33-3)18-24(23)35-26/h6-11,18,20H,4-5,12-17H2,1-3H3. The Labute approximate surface area is 216 Å². The van der Waals surface area contributed by atoms with Gasteiger partial charge in [-0.15, -0.1) is 0 Å². The van der Waals surface area contributed by atoms with E-state index >= 15 is 0 Å². The van der Waals surface area contributed by atoms with Crippen molar-refractivity contribution in [3.8, 4) is 10.9 Å². The van der Waals surface area contributed by atoms with E-state index in [1.807, 2.05) is 32.0 Å². The zero-order valence-electron chi connectivity index (χ0n) is 21.0. The number of fused-ring (bicyclic) bond motifs is 1. The number of methoxy groups -OCH3 is 1. The lowest BCUT2D eigenvalue weighted by atomic mass is 10.1. The molecule has 0 unspecified atom stereocenters. The quantitative estimate of drug-likeness (QED) is 0.373. The summed E-state index contributed by atoms with van der Waals surface area (Å²) >= 11 is 1.49. The highest BCUT2D eigenvalue weighted by Gasteiger charge is 2.27. The molecular weight excluding hydrogens is 498 g/mol. The zero-order chi connectivity index (χ0) is 25.7. The van der Waals surface area contributed by atoms with Crippen LogP contribution in [0.1, 0.15) is 49.9 Å². The molecular formula is C26H33N3O5S2. The van der Waals surface area contributed by atoms with Gasteiger partial charge < -0.3 is 14.4 Å². The van der Waals surface area contributed by atoms with Crippen molar-refractivity contribution in [1.29, 1.82) is 0 Å². The number of amides is 1. The maximum Gasteiger partial charge on any atom is 0.274 e. The molecule has 2 aromatic carbocycles. The molecule has 10 heteroatoms. The largest absolute Gasteiger partial charge is 0.497 e. The number of rotatable bonds is 10. The Morgan fingerprint density at radius 2 is 1.75 bits per heavy atom. The maximum absolute atomic E-state index is 13.0. The summed E-state index contributed by atoms with van der Waals surface area (Å²) in [4.78, 5) is 19.6. The second-order valence-electron chi connectivity index (χ2n) is 8.85. The van der Waals surface area contributed by atoms with Crippen molar-refractivity contribution in [3.63, 3.8) is 0 Å². The fourth-order valence-electron chi connectivity index (χ4n) is 4.33. The Morgan fingerprint density at radius 1 is 1.08 bits per heavy atom. The van der Waals surface area contributed by atoms with E-state index in [9.17, 15) is 13.2 Å². The predicted molar refractivity (Wildman–Crippen MR) is 142 cm³/mol. The molecule has 3 aromatic rings. The smallest absolute Gasteiger partial charge is 0.274 e. The van der Waals surface area contributed by atoms with Crippen LogP contribution in [0.3, 0.4) is 0 Å². The molecule has 1 aliphatic rings. The van der Waals surface area contributed by atoms with Gasteiger partial charge in [0.25, 0.3) is 11.1 Å². The van der Waals surface area contributed by atoms with E-state index < -0.39 is 10.0 Å². The van der Waals surface area contributed by atoms with Crippen LogP contribution in [-0.2, 0) is 10.0 Å². The molecule has 1 aromatic heterocycles. The molecule has 4 rings (SSSR count). The third-order valence-electron chi connectivity index (χ3n) is 6.26. The number of hydrogen-bond acceptors (Lipinski definition) is 7. The van der Waals surface area contributed by atoms with Crippen molar-refractivity contribution in [1.82, 2.24) is 14.2 Å². The first-order chi connectivity index (χ1) is 17.3. The molecule has 1 fully saturated rings. The van der Waals surface area contributed by atoms with Gasteiger partial charge in [0.1, 0.15) is 11.9 Å². The SMILES string of the molecule is CCCN(CCC)S(=O)(=O)c1ccc(C(=O)N2CCC(Oc3nc4ccc(OC)cc4s3)CC2)cc1. The van der Waals surface area contributed by atoms with Gasteiger partial charge in [0.05, 0.1) is 22.2 Å². The highest BCUT2D eigenvalue weighted by molar-refractivity contribution is 7.89. The van der Waals surface area contributed by atoms with Crippen LogP contribution in [0.5, 0.6) is 10.9 Å². The summed E-state index contributed by atoms with van der Waals surface area (Å²) in [5.74, 6) is 0.692. The number of thiazole rings is 1. The van der Waals surface area contributed by atoms with Crippen LogP contribution in [0, 0.1) is 0 Å². The molecule has 1 aliphatic heterocycles. The number of nitrogens with zero attached hydrogens (tertiary/aromatic N) is 3. The summed E-state index contributed by atoms with van der Waals surface area (Å²) in [5.41, 5.74) is 1.37. The predicted octanol–water partition coefficient (Wildman–Crippen LogP) is 4.80. The fourth-order valence-corrected chi connectivity index (χ4v) is 6.87. The van der Waals surface area contributed by atoms with Gasteiger partial charge in [-0.3, -0.25) is 4.79 Å². The van der Waals surface area contributed by atoms with Crippen LogP contribution in [-0.4, -0.2) is 67.9 Å². The molecule has 1 amide bonds. The van der Waals surface area contributed by atoms with Crippen LogP contribution in [0.15, 0.2) is 47.4 Å². The lowest BCUT2D eigenvalue weighted by Gasteiger charge is -2.31. The summed E-state index contributed by atoms with van der Waals surface area (Å²) in [7, 11) is -1.93. The number of sulfonamides is 1. The number of ether oxygens (including phenoxy) is 2. The highest BCUT2D eigenvalue weighted by atomic mass is 32.2. The molecule has 1 saturated heterocycles. The number of carbonyl (C=O) groups excluding carboxylic acids is 1. The first-order valence-corrected chi connectivity index (χ1v) is 14.6. The van der Waals surface area contributed by atoms with Gasteiger partial charge in [0, 0.05) is 44.6 Å². The third kappa shape index (κ3) is 5.82.